The summed E-state index contributed by atoms with van der Waals surface area (Å²) in [7, 11) is 1.78. The molecule has 4 aliphatic heterocycles. The highest BCUT2D eigenvalue weighted by molar-refractivity contribution is 5.92. The Kier molecular flexibility index (Phi) is 3.79. The van der Waals surface area contributed by atoms with Gasteiger partial charge in [-0.05, 0) is 24.5 Å². The zero-order valence-corrected chi connectivity index (χ0v) is 15.6. The predicted molar refractivity (Wildman–Crippen MR) is 101 cm³/mol. The van der Waals surface area contributed by atoms with Gasteiger partial charge in [0.1, 0.15) is 5.60 Å². The molecule has 0 radical (unpaired) electrons. The number of anilines is 1. The molecule has 0 unspecified atom stereocenters. The van der Waals surface area contributed by atoms with Crippen LogP contribution in [0.4, 0.5) is 5.69 Å². The Morgan fingerprint density at radius 2 is 2.22 bits per heavy atom. The molecule has 6 nitrogen and oxygen atoms in total. The van der Waals surface area contributed by atoms with Crippen LogP contribution in [0.5, 0.6) is 0 Å². The predicted octanol–water partition coefficient (Wildman–Crippen LogP) is 0.967. The minimum Gasteiger partial charge on any atom is -0.371 e. The lowest BCUT2D eigenvalue weighted by Gasteiger charge is -2.24. The third-order valence-corrected chi connectivity index (χ3v) is 6.48. The molecule has 1 aromatic carbocycles. The number of carbonyl (C=O) groups is 2. The minimum absolute atomic E-state index is 0.0238. The molecule has 142 valence electrons. The van der Waals surface area contributed by atoms with Gasteiger partial charge >= 0.3 is 0 Å². The zero-order valence-electron chi connectivity index (χ0n) is 15.6. The molecule has 2 bridgehead atoms. The van der Waals surface area contributed by atoms with Gasteiger partial charge in [-0.3, -0.25) is 9.59 Å². The summed E-state index contributed by atoms with van der Waals surface area (Å²) in [5.41, 5.74) is 2.14. The fraction of sp³-hybridized carbons (Fsp3) is 0.524. The minimum atomic E-state index is -0.586. The Balaban J connectivity index is 1.17. The van der Waals surface area contributed by atoms with Crippen molar-refractivity contribution in [1.82, 2.24) is 10.2 Å². The van der Waals surface area contributed by atoms with E-state index in [9.17, 15) is 9.59 Å². The number of likely N-dealkylation sites (tertiary alicyclic amines) is 1. The van der Waals surface area contributed by atoms with E-state index in [1.807, 2.05) is 12.2 Å². The third-order valence-electron chi connectivity index (χ3n) is 6.48. The average molecular weight is 367 g/mol. The van der Waals surface area contributed by atoms with Gasteiger partial charge in [-0.15, -0.1) is 0 Å². The highest BCUT2D eigenvalue weighted by atomic mass is 16.5. The number of nitrogens with zero attached hydrogens (tertiary/aromatic N) is 2. The highest BCUT2D eigenvalue weighted by Gasteiger charge is 2.66. The second-order valence-corrected chi connectivity index (χ2v) is 8.10. The summed E-state index contributed by atoms with van der Waals surface area (Å²) in [5, 5.41) is 3.05. The molecule has 4 atom stereocenters. The molecule has 4 aliphatic rings. The molecule has 0 aliphatic carbocycles. The SMILES string of the molecule is CN1C[C@]23C=C[C@H](O2)[C@H](C(=O)NCCCN2CCc4ccccc42)[C@@H]3C1=O. The van der Waals surface area contributed by atoms with Crippen LogP contribution in [0, 0.1) is 11.8 Å². The van der Waals surface area contributed by atoms with Crippen molar-refractivity contribution in [3.05, 3.63) is 42.0 Å². The van der Waals surface area contributed by atoms with Crippen LogP contribution in [0.3, 0.4) is 0 Å². The summed E-state index contributed by atoms with van der Waals surface area (Å²) in [5.74, 6) is -0.805. The van der Waals surface area contributed by atoms with Crippen molar-refractivity contribution in [2.45, 2.75) is 24.5 Å². The first kappa shape index (κ1) is 16.8. The summed E-state index contributed by atoms with van der Waals surface area (Å²) < 4.78 is 6.04. The smallest absolute Gasteiger partial charge is 0.229 e. The molecule has 5 rings (SSSR count). The standard InChI is InChI=1S/C21H25N3O3/c1-23-13-21-9-7-16(27-21)17(18(21)20(23)26)19(25)22-10-4-11-24-12-8-14-5-2-3-6-15(14)24/h2-3,5-7,9,16-18H,4,8,10-13H2,1H3,(H,22,25)/t16-,17-,18+,21-/m0/s1. The molecule has 0 saturated carbocycles. The molecule has 2 fully saturated rings. The van der Waals surface area contributed by atoms with Gasteiger partial charge in [0.15, 0.2) is 0 Å². The van der Waals surface area contributed by atoms with E-state index in [4.69, 9.17) is 4.74 Å². The van der Waals surface area contributed by atoms with E-state index in [0.29, 0.717) is 13.1 Å². The normalized spacial score (nSPS) is 32.9. The van der Waals surface area contributed by atoms with Crippen molar-refractivity contribution in [2.75, 3.05) is 38.1 Å². The van der Waals surface area contributed by atoms with E-state index >= 15 is 0 Å². The molecule has 1 aromatic rings. The second-order valence-electron chi connectivity index (χ2n) is 8.10. The first-order valence-corrected chi connectivity index (χ1v) is 9.82. The van der Waals surface area contributed by atoms with Crippen LogP contribution in [-0.4, -0.2) is 61.6 Å². The fourth-order valence-corrected chi connectivity index (χ4v) is 5.23. The number of hydrogen-bond acceptors (Lipinski definition) is 4. The molecular weight excluding hydrogens is 342 g/mol. The Morgan fingerprint density at radius 3 is 3.11 bits per heavy atom. The van der Waals surface area contributed by atoms with Gasteiger partial charge < -0.3 is 19.9 Å². The summed E-state index contributed by atoms with van der Waals surface area (Å²) in [6, 6.07) is 8.52. The van der Waals surface area contributed by atoms with Crippen LogP contribution in [0.1, 0.15) is 12.0 Å². The van der Waals surface area contributed by atoms with Gasteiger partial charge in [-0.1, -0.05) is 30.4 Å². The Hall–Kier alpha value is -2.34. The van der Waals surface area contributed by atoms with Crippen molar-refractivity contribution < 1.29 is 14.3 Å². The molecule has 0 aromatic heterocycles. The molecule has 4 heterocycles. The quantitative estimate of drug-likeness (QED) is 0.622. The Labute approximate surface area is 159 Å². The summed E-state index contributed by atoms with van der Waals surface area (Å²) in [6.45, 7) is 3.13. The molecule has 2 amide bonds. The number of amides is 2. The molecule has 1 N–H and O–H groups in total. The van der Waals surface area contributed by atoms with Crippen LogP contribution in [0.2, 0.25) is 0 Å². The number of carbonyl (C=O) groups excluding carboxylic acids is 2. The second kappa shape index (κ2) is 6.09. The molecule has 6 heteroatoms. The maximum absolute atomic E-state index is 12.8. The van der Waals surface area contributed by atoms with E-state index in [1.54, 1.807) is 11.9 Å². The van der Waals surface area contributed by atoms with Gasteiger partial charge in [0, 0.05) is 32.4 Å². The van der Waals surface area contributed by atoms with Crippen LogP contribution in [0.15, 0.2) is 36.4 Å². The van der Waals surface area contributed by atoms with Crippen molar-refractivity contribution in [3.8, 4) is 0 Å². The van der Waals surface area contributed by atoms with E-state index in [0.717, 1.165) is 25.9 Å². The van der Waals surface area contributed by atoms with Gasteiger partial charge in [0.2, 0.25) is 11.8 Å². The third kappa shape index (κ3) is 2.50. The van der Waals surface area contributed by atoms with E-state index < -0.39 is 11.5 Å². The monoisotopic (exact) mass is 367 g/mol. The zero-order chi connectivity index (χ0) is 18.6. The summed E-state index contributed by atoms with van der Waals surface area (Å²) in [4.78, 5) is 29.4. The lowest BCUT2D eigenvalue weighted by molar-refractivity contribution is -0.136. The van der Waals surface area contributed by atoms with Crippen molar-refractivity contribution >= 4 is 17.5 Å². The maximum atomic E-state index is 12.8. The van der Waals surface area contributed by atoms with Crippen LogP contribution in [-0.2, 0) is 20.7 Å². The summed E-state index contributed by atoms with van der Waals surface area (Å²) in [6.07, 6.45) is 5.65. The number of para-hydroxylation sites is 1. The first-order valence-electron chi connectivity index (χ1n) is 9.82. The lowest BCUT2D eigenvalue weighted by atomic mass is 9.77. The largest absolute Gasteiger partial charge is 0.371 e. The van der Waals surface area contributed by atoms with Crippen molar-refractivity contribution in [3.63, 3.8) is 0 Å². The van der Waals surface area contributed by atoms with Gasteiger partial charge in [0.05, 0.1) is 24.5 Å². The number of hydrogen-bond donors (Lipinski definition) is 1. The topological polar surface area (TPSA) is 61.9 Å². The number of nitrogens with one attached hydrogen (secondary N) is 1. The van der Waals surface area contributed by atoms with Crippen molar-refractivity contribution in [2.24, 2.45) is 11.8 Å². The van der Waals surface area contributed by atoms with Crippen LogP contribution in [0.25, 0.3) is 0 Å². The number of benzene rings is 1. The number of likely N-dealkylation sites (N-methyl/N-ethyl adjacent to an activating group) is 1. The van der Waals surface area contributed by atoms with Crippen LogP contribution >= 0.6 is 0 Å². The Morgan fingerprint density at radius 1 is 1.37 bits per heavy atom. The summed E-state index contributed by atoms with van der Waals surface area (Å²) >= 11 is 0. The maximum Gasteiger partial charge on any atom is 0.229 e. The average Bonchev–Trinajstić information content (AvgIpc) is 3.39. The first-order chi connectivity index (χ1) is 13.1. The molecule has 1 spiro atoms. The highest BCUT2D eigenvalue weighted by Crippen LogP contribution is 2.51. The molecule has 27 heavy (non-hydrogen) atoms. The molecule has 2 saturated heterocycles. The van der Waals surface area contributed by atoms with E-state index in [1.165, 1.54) is 11.3 Å². The van der Waals surface area contributed by atoms with Gasteiger partial charge in [-0.25, -0.2) is 0 Å². The van der Waals surface area contributed by atoms with Crippen LogP contribution < -0.4 is 10.2 Å². The van der Waals surface area contributed by atoms with E-state index in [2.05, 4.69) is 34.5 Å². The van der Waals surface area contributed by atoms with Gasteiger partial charge in [-0.2, -0.15) is 0 Å². The number of rotatable bonds is 5. The fourth-order valence-electron chi connectivity index (χ4n) is 5.23. The van der Waals surface area contributed by atoms with Crippen molar-refractivity contribution in [1.29, 1.82) is 0 Å². The Bertz CT molecular complexity index is 823. The number of fused-ring (bicyclic) bond motifs is 2. The van der Waals surface area contributed by atoms with E-state index in [-0.39, 0.29) is 23.8 Å². The molecular formula is C21H25N3O3. The number of ether oxygens (including phenoxy) is 1. The van der Waals surface area contributed by atoms with Gasteiger partial charge in [0.25, 0.3) is 0 Å². The lowest BCUT2D eigenvalue weighted by Crippen LogP contribution is -2.44.